The van der Waals surface area contributed by atoms with E-state index in [-0.39, 0.29) is 18.5 Å². The van der Waals surface area contributed by atoms with E-state index in [9.17, 15) is 24.9 Å². The maximum absolute atomic E-state index is 12.9. The molecule has 0 bridgehead atoms. The lowest BCUT2D eigenvalue weighted by molar-refractivity contribution is -0.120. The SMILES string of the molecule is Nc1ccc2c(c1)C(=O)N1C[C@]3(C[C@@H]1C(=O)N2)O[C@H](CO)[C@@H](O)[C@@H]3O. The molecule has 5 atom stereocenters. The van der Waals surface area contributed by atoms with Crippen LogP contribution in [0.3, 0.4) is 0 Å². The molecule has 0 aliphatic carbocycles. The van der Waals surface area contributed by atoms with Gasteiger partial charge in [-0.25, -0.2) is 0 Å². The van der Waals surface area contributed by atoms with E-state index in [1.54, 1.807) is 12.1 Å². The van der Waals surface area contributed by atoms with Crippen molar-refractivity contribution >= 4 is 23.2 Å². The Hall–Kier alpha value is -2.20. The number of nitrogen functional groups attached to an aromatic ring is 1. The molecule has 4 rings (SSSR count). The number of fused-ring (bicyclic) bond motifs is 2. The molecule has 2 fully saturated rings. The standard InChI is InChI=1S/C16H19N3O6/c17-7-1-2-9-8(3-7)15(24)19-6-16(4-10(19)14(23)18-9)13(22)12(21)11(5-20)25-16/h1-3,10-13,20-22H,4-6,17H2,(H,18,23)/t10-,11-,12-,13+,16+/m1/s1. The van der Waals surface area contributed by atoms with E-state index in [4.69, 9.17) is 10.5 Å². The molecular formula is C16H19N3O6. The molecular weight excluding hydrogens is 330 g/mol. The zero-order valence-corrected chi connectivity index (χ0v) is 13.3. The molecule has 9 nitrogen and oxygen atoms in total. The Bertz CT molecular complexity index is 755. The van der Waals surface area contributed by atoms with Crippen molar-refractivity contribution in [1.29, 1.82) is 0 Å². The number of carbonyl (C=O) groups is 2. The van der Waals surface area contributed by atoms with Gasteiger partial charge < -0.3 is 36.0 Å². The number of carbonyl (C=O) groups excluding carboxylic acids is 2. The highest BCUT2D eigenvalue weighted by Crippen LogP contribution is 2.43. The summed E-state index contributed by atoms with van der Waals surface area (Å²) in [6, 6.07) is 3.81. The predicted molar refractivity (Wildman–Crippen MR) is 85.6 cm³/mol. The highest BCUT2D eigenvalue weighted by Gasteiger charge is 2.61. The molecule has 1 spiro atoms. The minimum Gasteiger partial charge on any atom is -0.399 e. The van der Waals surface area contributed by atoms with Crippen LogP contribution in [0.1, 0.15) is 16.8 Å². The zero-order chi connectivity index (χ0) is 17.9. The predicted octanol–water partition coefficient (Wildman–Crippen LogP) is -1.71. The smallest absolute Gasteiger partial charge is 0.256 e. The maximum Gasteiger partial charge on any atom is 0.256 e. The first-order valence-corrected chi connectivity index (χ1v) is 8.02. The van der Waals surface area contributed by atoms with Crippen LogP contribution in [0.5, 0.6) is 0 Å². The Balaban J connectivity index is 1.72. The van der Waals surface area contributed by atoms with Gasteiger partial charge in [0, 0.05) is 12.1 Å². The van der Waals surface area contributed by atoms with Crippen molar-refractivity contribution < 1.29 is 29.6 Å². The van der Waals surface area contributed by atoms with Gasteiger partial charge >= 0.3 is 0 Å². The Morgan fingerprint density at radius 2 is 2.12 bits per heavy atom. The summed E-state index contributed by atoms with van der Waals surface area (Å²) in [4.78, 5) is 26.8. The van der Waals surface area contributed by atoms with Crippen LogP contribution in [-0.4, -0.2) is 75.1 Å². The van der Waals surface area contributed by atoms with Crippen LogP contribution in [0.4, 0.5) is 11.4 Å². The molecule has 2 amide bonds. The fourth-order valence-electron chi connectivity index (χ4n) is 3.97. The first-order chi connectivity index (χ1) is 11.9. The number of aliphatic hydroxyl groups is 3. The largest absolute Gasteiger partial charge is 0.399 e. The van der Waals surface area contributed by atoms with Crippen molar-refractivity contribution in [3.8, 4) is 0 Å². The maximum atomic E-state index is 12.9. The second-order valence-corrected chi connectivity index (χ2v) is 6.79. The van der Waals surface area contributed by atoms with Gasteiger partial charge in [-0.3, -0.25) is 9.59 Å². The van der Waals surface area contributed by atoms with Crippen molar-refractivity contribution in [2.75, 3.05) is 24.2 Å². The molecule has 134 valence electrons. The number of nitrogens with one attached hydrogen (secondary N) is 1. The number of benzene rings is 1. The van der Waals surface area contributed by atoms with E-state index in [1.807, 2.05) is 0 Å². The fourth-order valence-corrected chi connectivity index (χ4v) is 3.97. The molecule has 9 heteroatoms. The van der Waals surface area contributed by atoms with Crippen molar-refractivity contribution in [1.82, 2.24) is 4.90 Å². The van der Waals surface area contributed by atoms with E-state index in [0.717, 1.165) is 0 Å². The number of ether oxygens (including phenoxy) is 1. The number of hydrogen-bond donors (Lipinski definition) is 5. The highest BCUT2D eigenvalue weighted by atomic mass is 16.6. The number of hydrogen-bond acceptors (Lipinski definition) is 7. The molecule has 0 aromatic heterocycles. The lowest BCUT2D eigenvalue weighted by atomic mass is 9.91. The lowest BCUT2D eigenvalue weighted by Gasteiger charge is -2.27. The van der Waals surface area contributed by atoms with Crippen molar-refractivity contribution in [2.24, 2.45) is 0 Å². The Morgan fingerprint density at radius 1 is 1.36 bits per heavy atom. The average Bonchev–Trinajstić information content (AvgIpc) is 3.07. The topological polar surface area (TPSA) is 145 Å². The van der Waals surface area contributed by atoms with Crippen LogP contribution < -0.4 is 11.1 Å². The average molecular weight is 349 g/mol. The molecule has 0 unspecified atom stereocenters. The van der Waals surface area contributed by atoms with Crippen molar-refractivity contribution in [2.45, 2.75) is 36.4 Å². The first-order valence-electron chi connectivity index (χ1n) is 8.02. The molecule has 1 aromatic rings. The summed E-state index contributed by atoms with van der Waals surface area (Å²) in [6.07, 6.45) is -3.52. The molecule has 25 heavy (non-hydrogen) atoms. The van der Waals surface area contributed by atoms with Gasteiger partial charge in [-0.05, 0) is 18.2 Å². The van der Waals surface area contributed by atoms with Crippen LogP contribution >= 0.6 is 0 Å². The normalized spacial score (nSPS) is 37.0. The second-order valence-electron chi connectivity index (χ2n) is 6.79. The number of rotatable bonds is 1. The summed E-state index contributed by atoms with van der Waals surface area (Å²) in [6.45, 7) is -0.531. The lowest BCUT2D eigenvalue weighted by Crippen LogP contribution is -2.46. The van der Waals surface area contributed by atoms with Gasteiger partial charge in [0.1, 0.15) is 30.0 Å². The van der Waals surface area contributed by atoms with Gasteiger partial charge in [0.25, 0.3) is 5.91 Å². The minimum absolute atomic E-state index is 0.0305. The summed E-state index contributed by atoms with van der Waals surface area (Å²) >= 11 is 0. The Morgan fingerprint density at radius 3 is 2.80 bits per heavy atom. The Labute approximate surface area is 143 Å². The summed E-state index contributed by atoms with van der Waals surface area (Å²) in [5, 5.41) is 32.4. The van der Waals surface area contributed by atoms with Crippen LogP contribution in [0, 0.1) is 0 Å². The minimum atomic E-state index is -1.31. The number of anilines is 2. The molecule has 3 aliphatic rings. The summed E-state index contributed by atoms with van der Waals surface area (Å²) < 4.78 is 5.68. The van der Waals surface area contributed by atoms with Crippen LogP contribution in [-0.2, 0) is 9.53 Å². The molecule has 6 N–H and O–H groups in total. The van der Waals surface area contributed by atoms with E-state index in [0.29, 0.717) is 11.4 Å². The zero-order valence-electron chi connectivity index (χ0n) is 13.3. The number of nitrogens with two attached hydrogens (primary N) is 1. The second kappa shape index (κ2) is 5.40. The van der Waals surface area contributed by atoms with Gasteiger partial charge in [0.15, 0.2) is 0 Å². The van der Waals surface area contributed by atoms with Crippen LogP contribution in [0.2, 0.25) is 0 Å². The molecule has 0 saturated carbocycles. The third-order valence-electron chi connectivity index (χ3n) is 5.26. The third-order valence-corrected chi connectivity index (χ3v) is 5.26. The van der Waals surface area contributed by atoms with E-state index in [2.05, 4.69) is 5.32 Å². The van der Waals surface area contributed by atoms with E-state index in [1.165, 1.54) is 11.0 Å². The molecule has 2 saturated heterocycles. The Kier molecular flexibility index (Phi) is 3.51. The molecule has 0 radical (unpaired) electrons. The van der Waals surface area contributed by atoms with Gasteiger partial charge in [0.2, 0.25) is 5.91 Å². The third kappa shape index (κ3) is 2.24. The number of nitrogens with zero attached hydrogens (tertiary/aromatic N) is 1. The monoisotopic (exact) mass is 349 g/mol. The van der Waals surface area contributed by atoms with Gasteiger partial charge in [-0.1, -0.05) is 0 Å². The highest BCUT2D eigenvalue weighted by molar-refractivity contribution is 6.10. The number of aliphatic hydroxyl groups excluding tert-OH is 3. The summed E-state index contributed by atoms with van der Waals surface area (Å²) in [7, 11) is 0. The van der Waals surface area contributed by atoms with Crippen LogP contribution in [0.25, 0.3) is 0 Å². The van der Waals surface area contributed by atoms with Crippen molar-refractivity contribution in [3.05, 3.63) is 23.8 Å². The first kappa shape index (κ1) is 16.3. The van der Waals surface area contributed by atoms with Gasteiger partial charge in [-0.15, -0.1) is 0 Å². The summed E-state index contributed by atoms with van der Waals surface area (Å²) in [5.74, 6) is -0.799. The van der Waals surface area contributed by atoms with Crippen LogP contribution in [0.15, 0.2) is 18.2 Å². The molecule has 3 heterocycles. The fraction of sp³-hybridized carbons (Fsp3) is 0.500. The van der Waals surface area contributed by atoms with E-state index < -0.39 is 48.4 Å². The van der Waals surface area contributed by atoms with E-state index >= 15 is 0 Å². The van der Waals surface area contributed by atoms with Crippen molar-refractivity contribution in [3.63, 3.8) is 0 Å². The van der Waals surface area contributed by atoms with Gasteiger partial charge in [0.05, 0.1) is 24.4 Å². The quantitative estimate of drug-likeness (QED) is 0.379. The number of amides is 2. The molecule has 3 aliphatic heterocycles. The summed E-state index contributed by atoms with van der Waals surface area (Å²) in [5.41, 5.74) is 5.50. The van der Waals surface area contributed by atoms with Gasteiger partial charge in [-0.2, -0.15) is 0 Å². The molecule has 1 aromatic carbocycles.